The molecule has 1 saturated heterocycles. The van der Waals surface area contributed by atoms with Crippen LogP contribution in [0, 0.1) is 0 Å². The lowest BCUT2D eigenvalue weighted by atomic mass is 10.0. The smallest absolute Gasteiger partial charge is 0.176 e. The van der Waals surface area contributed by atoms with Crippen molar-refractivity contribution in [3.63, 3.8) is 0 Å². The van der Waals surface area contributed by atoms with E-state index in [9.17, 15) is 4.79 Å². The molecule has 0 aromatic rings. The highest BCUT2D eigenvalue weighted by atomic mass is 16.3. The zero-order chi connectivity index (χ0) is 7.40. The van der Waals surface area contributed by atoms with Gasteiger partial charge < -0.3 is 5.11 Å². The number of nitrogens with zero attached hydrogens (tertiary/aromatic N) is 1. The third-order valence-electron chi connectivity index (χ3n) is 1.76. The van der Waals surface area contributed by atoms with Crippen molar-refractivity contribution in [2.24, 2.45) is 0 Å². The number of piperidine rings is 1. The number of aliphatic hydroxyl groups excluding tert-OH is 1. The zero-order valence-electron chi connectivity index (χ0n) is 5.92. The van der Waals surface area contributed by atoms with E-state index >= 15 is 0 Å². The van der Waals surface area contributed by atoms with E-state index in [1.165, 1.54) is 0 Å². The first-order valence-electron chi connectivity index (χ1n) is 3.65. The molecule has 1 fully saturated rings. The molecule has 0 bridgehead atoms. The molecule has 1 radical (unpaired) electrons. The standard InChI is InChI=1S/C7H12NO2/c9-5-7(10)6-3-1-2-4-8-6/h6,9H,1-5H2. The Bertz CT molecular complexity index is 119. The minimum absolute atomic E-state index is 0.125. The van der Waals surface area contributed by atoms with E-state index in [0.29, 0.717) is 0 Å². The monoisotopic (exact) mass is 142 g/mol. The molecule has 0 spiro atoms. The Morgan fingerprint density at radius 1 is 1.60 bits per heavy atom. The molecule has 10 heavy (non-hydrogen) atoms. The third kappa shape index (κ3) is 1.78. The normalized spacial score (nSPS) is 26.3. The fraction of sp³-hybridized carbons (Fsp3) is 0.857. The van der Waals surface area contributed by atoms with Gasteiger partial charge in [0.15, 0.2) is 5.78 Å². The van der Waals surface area contributed by atoms with Crippen LogP contribution < -0.4 is 5.32 Å². The molecular weight excluding hydrogens is 130 g/mol. The van der Waals surface area contributed by atoms with Crippen LogP contribution in [-0.4, -0.2) is 30.1 Å². The van der Waals surface area contributed by atoms with E-state index in [1.54, 1.807) is 0 Å². The molecule has 1 aliphatic heterocycles. The van der Waals surface area contributed by atoms with Crippen molar-refractivity contribution in [1.82, 2.24) is 5.32 Å². The van der Waals surface area contributed by atoms with Crippen LogP contribution in [0.25, 0.3) is 0 Å². The summed E-state index contributed by atoms with van der Waals surface area (Å²) in [6.45, 7) is 0.435. The number of hydrogen-bond donors (Lipinski definition) is 1. The number of hydrogen-bond acceptors (Lipinski definition) is 2. The molecule has 0 aliphatic carbocycles. The van der Waals surface area contributed by atoms with Gasteiger partial charge in [-0.1, -0.05) is 6.42 Å². The second-order valence-electron chi connectivity index (χ2n) is 2.54. The maximum atomic E-state index is 10.8. The first-order valence-corrected chi connectivity index (χ1v) is 3.65. The van der Waals surface area contributed by atoms with Crippen LogP contribution in [0.4, 0.5) is 0 Å². The van der Waals surface area contributed by atoms with Crippen LogP contribution in [0.1, 0.15) is 19.3 Å². The molecule has 0 saturated carbocycles. The largest absolute Gasteiger partial charge is 0.389 e. The molecule has 1 heterocycles. The van der Waals surface area contributed by atoms with E-state index < -0.39 is 0 Å². The zero-order valence-corrected chi connectivity index (χ0v) is 5.92. The second kappa shape index (κ2) is 3.68. The lowest BCUT2D eigenvalue weighted by Crippen LogP contribution is -2.36. The molecule has 1 atom stereocenters. The van der Waals surface area contributed by atoms with Gasteiger partial charge in [0, 0.05) is 6.54 Å². The Morgan fingerprint density at radius 3 is 2.90 bits per heavy atom. The van der Waals surface area contributed by atoms with E-state index in [-0.39, 0.29) is 18.4 Å². The number of carbonyl (C=O) groups is 1. The summed E-state index contributed by atoms with van der Waals surface area (Å²) >= 11 is 0. The Balaban J connectivity index is 2.31. The highest BCUT2D eigenvalue weighted by Crippen LogP contribution is 2.08. The SMILES string of the molecule is O=C(CO)C1CCCC[N]1. The van der Waals surface area contributed by atoms with E-state index in [1.807, 2.05) is 0 Å². The van der Waals surface area contributed by atoms with Crippen LogP contribution in [-0.2, 0) is 4.79 Å². The van der Waals surface area contributed by atoms with E-state index in [0.717, 1.165) is 25.8 Å². The molecule has 0 amide bonds. The Morgan fingerprint density at radius 2 is 2.40 bits per heavy atom. The third-order valence-corrected chi connectivity index (χ3v) is 1.76. The average molecular weight is 142 g/mol. The average Bonchev–Trinajstić information content (AvgIpc) is 2.05. The summed E-state index contributed by atoms with van der Waals surface area (Å²) in [5, 5.41) is 12.6. The van der Waals surface area contributed by atoms with Gasteiger partial charge in [-0.2, -0.15) is 0 Å². The molecular formula is C7H12NO2. The van der Waals surface area contributed by atoms with Gasteiger partial charge in [-0.3, -0.25) is 4.79 Å². The quantitative estimate of drug-likeness (QED) is 0.575. The highest BCUT2D eigenvalue weighted by molar-refractivity contribution is 5.84. The summed E-state index contributed by atoms with van der Waals surface area (Å²) in [7, 11) is 0. The van der Waals surface area contributed by atoms with Crippen LogP contribution in [0.3, 0.4) is 0 Å². The maximum absolute atomic E-state index is 10.8. The number of carbonyl (C=O) groups excluding carboxylic acids is 1. The van der Waals surface area contributed by atoms with Crippen molar-refractivity contribution in [1.29, 1.82) is 0 Å². The van der Waals surface area contributed by atoms with Gasteiger partial charge in [0.25, 0.3) is 0 Å². The summed E-state index contributed by atoms with van der Waals surface area (Å²) in [6, 6.07) is -0.196. The summed E-state index contributed by atoms with van der Waals surface area (Å²) in [6.07, 6.45) is 2.99. The number of aliphatic hydroxyl groups is 1. The first kappa shape index (κ1) is 7.69. The van der Waals surface area contributed by atoms with E-state index in [4.69, 9.17) is 5.11 Å². The van der Waals surface area contributed by atoms with Gasteiger partial charge in [-0.05, 0) is 12.8 Å². The van der Waals surface area contributed by atoms with Crippen LogP contribution in [0.2, 0.25) is 0 Å². The van der Waals surface area contributed by atoms with Gasteiger partial charge in [0.1, 0.15) is 6.61 Å². The molecule has 1 N–H and O–H groups in total. The van der Waals surface area contributed by atoms with Crippen molar-refractivity contribution < 1.29 is 9.90 Å². The topological polar surface area (TPSA) is 51.4 Å². The van der Waals surface area contributed by atoms with Crippen molar-refractivity contribution >= 4 is 5.78 Å². The van der Waals surface area contributed by atoms with Crippen LogP contribution in [0.5, 0.6) is 0 Å². The highest BCUT2D eigenvalue weighted by Gasteiger charge is 2.20. The molecule has 57 valence electrons. The second-order valence-corrected chi connectivity index (χ2v) is 2.54. The number of ketones is 1. The lowest BCUT2D eigenvalue weighted by Gasteiger charge is -2.18. The molecule has 3 heteroatoms. The summed E-state index contributed by atoms with van der Waals surface area (Å²) in [4.78, 5) is 10.8. The number of Topliss-reactive ketones (excluding diaryl/α,β-unsaturated/α-hetero) is 1. The predicted molar refractivity (Wildman–Crippen MR) is 36.7 cm³/mol. The molecule has 3 nitrogen and oxygen atoms in total. The van der Waals surface area contributed by atoms with Crippen LogP contribution >= 0.6 is 0 Å². The van der Waals surface area contributed by atoms with Gasteiger partial charge in [0.05, 0.1) is 6.04 Å². The summed E-state index contributed by atoms with van der Waals surface area (Å²) in [5.41, 5.74) is 0. The fourth-order valence-corrected chi connectivity index (χ4v) is 1.16. The van der Waals surface area contributed by atoms with Crippen LogP contribution in [0.15, 0.2) is 0 Å². The first-order chi connectivity index (χ1) is 4.84. The van der Waals surface area contributed by atoms with Crippen molar-refractivity contribution in [2.75, 3.05) is 13.2 Å². The van der Waals surface area contributed by atoms with E-state index in [2.05, 4.69) is 5.32 Å². The molecule has 1 rings (SSSR count). The molecule has 1 aliphatic rings. The predicted octanol–water partition coefficient (Wildman–Crippen LogP) is -0.295. The lowest BCUT2D eigenvalue weighted by molar-refractivity contribution is -0.124. The van der Waals surface area contributed by atoms with Gasteiger partial charge in [-0.25, -0.2) is 5.32 Å². The van der Waals surface area contributed by atoms with Crippen molar-refractivity contribution in [3.05, 3.63) is 0 Å². The maximum Gasteiger partial charge on any atom is 0.176 e. The molecule has 0 aromatic heterocycles. The van der Waals surface area contributed by atoms with Crippen molar-refractivity contribution in [2.45, 2.75) is 25.3 Å². The summed E-state index contributed by atoms with van der Waals surface area (Å²) in [5.74, 6) is -0.125. The number of rotatable bonds is 2. The minimum atomic E-state index is -0.353. The van der Waals surface area contributed by atoms with Gasteiger partial charge >= 0.3 is 0 Å². The summed E-state index contributed by atoms with van der Waals surface area (Å²) < 4.78 is 0. The molecule has 0 aromatic carbocycles. The van der Waals surface area contributed by atoms with Crippen molar-refractivity contribution in [3.8, 4) is 0 Å². The fourth-order valence-electron chi connectivity index (χ4n) is 1.16. The van der Waals surface area contributed by atoms with Gasteiger partial charge in [0.2, 0.25) is 0 Å². The Kier molecular flexibility index (Phi) is 2.83. The van der Waals surface area contributed by atoms with Gasteiger partial charge in [-0.15, -0.1) is 0 Å². The Hall–Kier alpha value is -0.410. The Labute approximate surface area is 60.4 Å². The molecule has 1 unspecified atom stereocenters. The minimum Gasteiger partial charge on any atom is -0.389 e.